The highest BCUT2D eigenvalue weighted by atomic mass is 19.1. The standard InChI is InChI=1S/C7H4FNO.C5H11N/c8-6-2-1-5-4-9-10-7(5)3-6;1-2-4-6-5-3-1/h1-4H;6H,1-5H2. The molecule has 1 fully saturated rings. The maximum atomic E-state index is 12.4. The molecule has 1 saturated heterocycles. The van der Waals surface area contributed by atoms with Crippen molar-refractivity contribution in [2.45, 2.75) is 19.3 Å². The van der Waals surface area contributed by atoms with E-state index in [0.717, 1.165) is 5.39 Å². The summed E-state index contributed by atoms with van der Waals surface area (Å²) in [7, 11) is 0. The van der Waals surface area contributed by atoms with E-state index in [0.29, 0.717) is 5.58 Å². The first kappa shape index (κ1) is 11.1. The van der Waals surface area contributed by atoms with Crippen LogP contribution in [-0.2, 0) is 0 Å². The zero-order valence-corrected chi connectivity index (χ0v) is 9.08. The number of fused-ring (bicyclic) bond motifs is 1. The van der Waals surface area contributed by atoms with E-state index in [9.17, 15) is 4.39 Å². The number of hydrogen-bond donors (Lipinski definition) is 1. The highest BCUT2D eigenvalue weighted by Crippen LogP contribution is 2.13. The average molecular weight is 222 g/mol. The molecule has 0 atom stereocenters. The van der Waals surface area contributed by atoms with Gasteiger partial charge in [-0.25, -0.2) is 4.39 Å². The van der Waals surface area contributed by atoms with Gasteiger partial charge in [0.15, 0.2) is 5.58 Å². The Kier molecular flexibility index (Phi) is 3.88. The molecule has 1 aliphatic heterocycles. The third-order valence-electron chi connectivity index (χ3n) is 2.53. The van der Waals surface area contributed by atoms with Crippen molar-refractivity contribution < 1.29 is 8.91 Å². The molecule has 0 saturated carbocycles. The number of nitrogens with one attached hydrogen (secondary N) is 1. The summed E-state index contributed by atoms with van der Waals surface area (Å²) < 4.78 is 17.1. The Bertz CT molecular complexity index is 426. The molecule has 1 aliphatic rings. The molecular formula is C12H15FN2O. The molecule has 0 bridgehead atoms. The maximum Gasteiger partial charge on any atom is 0.169 e. The average Bonchev–Trinajstić information content (AvgIpc) is 2.79. The minimum absolute atomic E-state index is 0.302. The first-order valence-electron chi connectivity index (χ1n) is 5.57. The molecule has 16 heavy (non-hydrogen) atoms. The van der Waals surface area contributed by atoms with Crippen molar-refractivity contribution in [3.63, 3.8) is 0 Å². The molecule has 4 heteroatoms. The third kappa shape index (κ3) is 3.03. The molecule has 2 aromatic rings. The minimum Gasteiger partial charge on any atom is -0.356 e. The number of rotatable bonds is 0. The quantitative estimate of drug-likeness (QED) is 0.744. The molecule has 3 rings (SSSR count). The van der Waals surface area contributed by atoms with Crippen LogP contribution >= 0.6 is 0 Å². The molecule has 3 nitrogen and oxygen atoms in total. The van der Waals surface area contributed by atoms with E-state index >= 15 is 0 Å². The molecule has 0 radical (unpaired) electrons. The summed E-state index contributed by atoms with van der Waals surface area (Å²) in [5, 5.41) is 7.61. The Morgan fingerprint density at radius 2 is 2.00 bits per heavy atom. The van der Waals surface area contributed by atoms with Crippen molar-refractivity contribution in [3.05, 3.63) is 30.2 Å². The summed E-state index contributed by atoms with van der Waals surface area (Å²) in [6.07, 6.45) is 5.77. The van der Waals surface area contributed by atoms with Crippen molar-refractivity contribution in [1.29, 1.82) is 0 Å². The number of halogens is 1. The topological polar surface area (TPSA) is 38.1 Å². The maximum absolute atomic E-state index is 12.4. The van der Waals surface area contributed by atoms with Gasteiger partial charge in [-0.3, -0.25) is 0 Å². The second-order valence-electron chi connectivity index (χ2n) is 3.82. The fourth-order valence-electron chi connectivity index (χ4n) is 1.64. The fraction of sp³-hybridized carbons (Fsp3) is 0.417. The zero-order chi connectivity index (χ0) is 11.2. The van der Waals surface area contributed by atoms with Gasteiger partial charge in [0.1, 0.15) is 5.82 Å². The Morgan fingerprint density at radius 1 is 1.19 bits per heavy atom. The van der Waals surface area contributed by atoms with Crippen molar-refractivity contribution in [2.24, 2.45) is 0 Å². The number of hydrogen-bond acceptors (Lipinski definition) is 3. The molecule has 86 valence electrons. The van der Waals surface area contributed by atoms with Crippen molar-refractivity contribution in [1.82, 2.24) is 10.5 Å². The number of benzene rings is 1. The van der Waals surface area contributed by atoms with Crippen LogP contribution in [0, 0.1) is 5.82 Å². The molecule has 1 N–H and O–H groups in total. The van der Waals surface area contributed by atoms with Gasteiger partial charge in [-0.2, -0.15) is 0 Å². The van der Waals surface area contributed by atoms with E-state index in [1.54, 1.807) is 12.3 Å². The Hall–Kier alpha value is -1.42. The smallest absolute Gasteiger partial charge is 0.169 e. The molecule has 0 unspecified atom stereocenters. The van der Waals surface area contributed by atoms with Crippen LogP contribution in [0.4, 0.5) is 4.39 Å². The number of piperidine rings is 1. The lowest BCUT2D eigenvalue weighted by Gasteiger charge is -2.08. The summed E-state index contributed by atoms with van der Waals surface area (Å²) in [6.45, 7) is 2.50. The van der Waals surface area contributed by atoms with Crippen LogP contribution in [0.1, 0.15) is 19.3 Å². The van der Waals surface area contributed by atoms with Crippen molar-refractivity contribution in [2.75, 3.05) is 13.1 Å². The highest BCUT2D eigenvalue weighted by Gasteiger charge is 1.97. The largest absolute Gasteiger partial charge is 0.356 e. The summed E-state index contributed by atoms with van der Waals surface area (Å²) >= 11 is 0. The van der Waals surface area contributed by atoms with E-state index in [1.165, 1.54) is 44.5 Å². The van der Waals surface area contributed by atoms with Gasteiger partial charge < -0.3 is 9.84 Å². The van der Waals surface area contributed by atoms with Crippen LogP contribution in [0.5, 0.6) is 0 Å². The van der Waals surface area contributed by atoms with Crippen LogP contribution in [-0.4, -0.2) is 18.2 Å². The lowest BCUT2D eigenvalue weighted by atomic mass is 10.2. The first-order chi connectivity index (χ1) is 7.86. The van der Waals surface area contributed by atoms with Crippen LogP contribution in [0.25, 0.3) is 11.0 Å². The van der Waals surface area contributed by atoms with Gasteiger partial charge in [0.25, 0.3) is 0 Å². The van der Waals surface area contributed by atoms with Gasteiger partial charge in [-0.05, 0) is 38.1 Å². The predicted molar refractivity (Wildman–Crippen MR) is 60.7 cm³/mol. The normalized spacial score (nSPS) is 15.6. The summed E-state index contributed by atoms with van der Waals surface area (Å²) in [6, 6.07) is 4.31. The molecule has 0 amide bonds. The number of nitrogens with zero attached hydrogens (tertiary/aromatic N) is 1. The second kappa shape index (κ2) is 5.61. The lowest BCUT2D eigenvalue weighted by Crippen LogP contribution is -2.21. The van der Waals surface area contributed by atoms with Gasteiger partial charge >= 0.3 is 0 Å². The van der Waals surface area contributed by atoms with Gasteiger partial charge in [-0.15, -0.1) is 0 Å². The van der Waals surface area contributed by atoms with Crippen molar-refractivity contribution in [3.8, 4) is 0 Å². The Labute approximate surface area is 93.6 Å². The van der Waals surface area contributed by atoms with Crippen LogP contribution in [0.3, 0.4) is 0 Å². The van der Waals surface area contributed by atoms with Crippen LogP contribution in [0.15, 0.2) is 28.9 Å². The van der Waals surface area contributed by atoms with E-state index in [1.807, 2.05) is 0 Å². The first-order valence-corrected chi connectivity index (χ1v) is 5.57. The fourth-order valence-corrected chi connectivity index (χ4v) is 1.64. The van der Waals surface area contributed by atoms with Gasteiger partial charge in [-0.1, -0.05) is 11.6 Å². The van der Waals surface area contributed by atoms with Crippen molar-refractivity contribution >= 4 is 11.0 Å². The van der Waals surface area contributed by atoms with E-state index in [2.05, 4.69) is 10.5 Å². The summed E-state index contributed by atoms with van der Waals surface area (Å²) in [4.78, 5) is 0. The van der Waals surface area contributed by atoms with E-state index in [4.69, 9.17) is 4.52 Å². The molecule has 2 heterocycles. The van der Waals surface area contributed by atoms with E-state index in [-0.39, 0.29) is 5.82 Å². The molecule has 0 spiro atoms. The van der Waals surface area contributed by atoms with Crippen LogP contribution in [0.2, 0.25) is 0 Å². The van der Waals surface area contributed by atoms with Crippen LogP contribution < -0.4 is 5.32 Å². The highest BCUT2D eigenvalue weighted by molar-refractivity contribution is 5.75. The zero-order valence-electron chi connectivity index (χ0n) is 9.08. The number of aromatic nitrogens is 1. The minimum atomic E-state index is -0.302. The summed E-state index contributed by atoms with van der Waals surface area (Å²) in [5.74, 6) is -0.302. The summed E-state index contributed by atoms with van der Waals surface area (Å²) in [5.41, 5.74) is 0.486. The SMILES string of the molecule is C1CCNCC1.Fc1ccc2cnoc2c1. The molecule has 1 aromatic heterocycles. The van der Waals surface area contributed by atoms with Gasteiger partial charge in [0, 0.05) is 11.5 Å². The molecular weight excluding hydrogens is 207 g/mol. The molecule has 0 aliphatic carbocycles. The monoisotopic (exact) mass is 222 g/mol. The van der Waals surface area contributed by atoms with E-state index < -0.39 is 0 Å². The second-order valence-corrected chi connectivity index (χ2v) is 3.82. The predicted octanol–water partition coefficient (Wildman–Crippen LogP) is 2.73. The van der Waals surface area contributed by atoms with Gasteiger partial charge in [0.2, 0.25) is 0 Å². The third-order valence-corrected chi connectivity index (χ3v) is 2.53. The Morgan fingerprint density at radius 3 is 2.62 bits per heavy atom. The Balaban J connectivity index is 0.000000138. The van der Waals surface area contributed by atoms with Gasteiger partial charge in [0.05, 0.1) is 6.20 Å². The molecule has 1 aromatic carbocycles. The lowest BCUT2D eigenvalue weighted by molar-refractivity contribution is 0.454.